The summed E-state index contributed by atoms with van der Waals surface area (Å²) in [5, 5.41) is 5.74. The van der Waals surface area contributed by atoms with Gasteiger partial charge < -0.3 is 29.6 Å². The maximum atomic E-state index is 13.4. The minimum Gasteiger partial charge on any atom is -0.496 e. The molecular formula is C21H25ClN2O7. The van der Waals surface area contributed by atoms with Crippen LogP contribution in [-0.2, 0) is 14.3 Å². The monoisotopic (exact) mass is 452 g/mol. The van der Waals surface area contributed by atoms with Crippen LogP contribution in [0.3, 0.4) is 0 Å². The van der Waals surface area contributed by atoms with Gasteiger partial charge in [-0.25, -0.2) is 0 Å². The van der Waals surface area contributed by atoms with Crippen LogP contribution in [0.5, 0.6) is 17.2 Å². The third-order valence-corrected chi connectivity index (χ3v) is 5.77. The average Bonchev–Trinajstić information content (AvgIpc) is 3.06. The molecule has 0 saturated heterocycles. The lowest BCUT2D eigenvalue weighted by Crippen LogP contribution is -2.55. The van der Waals surface area contributed by atoms with E-state index in [0.717, 1.165) is 0 Å². The van der Waals surface area contributed by atoms with Gasteiger partial charge in [0, 0.05) is 37.4 Å². The fourth-order valence-corrected chi connectivity index (χ4v) is 4.07. The molecule has 0 saturated carbocycles. The third kappa shape index (κ3) is 3.95. The second kappa shape index (κ2) is 9.15. The quantitative estimate of drug-likeness (QED) is 0.451. The lowest BCUT2D eigenvalue weighted by molar-refractivity contribution is -0.129. The number of Topliss-reactive ketones (excluding diaryl/α,β-unsaturated/α-hetero) is 1. The van der Waals surface area contributed by atoms with Crippen molar-refractivity contribution < 1.29 is 33.3 Å². The van der Waals surface area contributed by atoms with E-state index in [4.69, 9.17) is 30.5 Å². The molecule has 2 unspecified atom stereocenters. The number of nitrogens with one attached hydrogen (secondary N) is 2. The molecule has 1 aliphatic carbocycles. The number of allylic oxidation sites excluding steroid dienone is 1. The van der Waals surface area contributed by atoms with Gasteiger partial charge in [-0.1, -0.05) is 18.5 Å². The summed E-state index contributed by atoms with van der Waals surface area (Å²) in [6.45, 7) is 2.53. The first-order valence-electron chi connectivity index (χ1n) is 9.72. The lowest BCUT2D eigenvalue weighted by Gasteiger charge is -2.35. The molecule has 2 aliphatic rings. The van der Waals surface area contributed by atoms with E-state index in [1.165, 1.54) is 26.4 Å². The van der Waals surface area contributed by atoms with Gasteiger partial charge in [0.25, 0.3) is 0 Å². The van der Waals surface area contributed by atoms with Crippen molar-refractivity contribution in [3.05, 3.63) is 28.4 Å². The van der Waals surface area contributed by atoms with Crippen LogP contribution in [0.1, 0.15) is 23.7 Å². The third-order valence-electron chi connectivity index (χ3n) is 5.41. The average molecular weight is 453 g/mol. The molecule has 0 radical (unpaired) electrons. The Labute approximate surface area is 185 Å². The summed E-state index contributed by atoms with van der Waals surface area (Å²) < 4.78 is 21.4. The molecule has 1 aromatic carbocycles. The molecule has 0 fully saturated rings. The SMILES string of the molecule is COCCNC(=O)CNC1=CC(=O)C2(Oc3c(Cl)c(OC)cc(OC)c3C2=O)C(C)C1. The number of amides is 1. The summed E-state index contributed by atoms with van der Waals surface area (Å²) in [7, 11) is 4.39. The summed E-state index contributed by atoms with van der Waals surface area (Å²) in [5.74, 6) is -1.21. The molecule has 0 aromatic heterocycles. The van der Waals surface area contributed by atoms with Gasteiger partial charge in [0.2, 0.25) is 23.1 Å². The number of methoxy groups -OCH3 is 3. The molecule has 1 amide bonds. The summed E-state index contributed by atoms with van der Waals surface area (Å²) >= 11 is 6.36. The molecule has 1 aliphatic heterocycles. The second-order valence-corrected chi connectivity index (χ2v) is 7.68. The highest BCUT2D eigenvalue weighted by Crippen LogP contribution is 2.52. The minimum atomic E-state index is -1.74. The summed E-state index contributed by atoms with van der Waals surface area (Å²) in [6.07, 6.45) is 1.64. The molecule has 2 atom stereocenters. The Morgan fingerprint density at radius 1 is 1.26 bits per heavy atom. The molecule has 31 heavy (non-hydrogen) atoms. The predicted octanol–water partition coefficient (Wildman–Crippen LogP) is 1.52. The molecule has 9 nitrogen and oxygen atoms in total. The molecule has 10 heteroatoms. The maximum absolute atomic E-state index is 13.4. The van der Waals surface area contributed by atoms with E-state index < -0.39 is 23.1 Å². The predicted molar refractivity (Wildman–Crippen MR) is 112 cm³/mol. The molecule has 0 bridgehead atoms. The second-order valence-electron chi connectivity index (χ2n) is 7.30. The Balaban J connectivity index is 1.84. The van der Waals surface area contributed by atoms with Crippen LogP contribution in [0.4, 0.5) is 0 Å². The van der Waals surface area contributed by atoms with E-state index in [2.05, 4.69) is 10.6 Å². The van der Waals surface area contributed by atoms with Crippen molar-refractivity contribution in [3.63, 3.8) is 0 Å². The van der Waals surface area contributed by atoms with Crippen LogP contribution in [-0.4, -0.2) is 64.1 Å². The number of halogens is 1. The Morgan fingerprint density at radius 3 is 2.58 bits per heavy atom. The topological polar surface area (TPSA) is 112 Å². The van der Waals surface area contributed by atoms with E-state index in [9.17, 15) is 14.4 Å². The van der Waals surface area contributed by atoms with Crippen LogP contribution in [0.2, 0.25) is 5.02 Å². The summed E-state index contributed by atoms with van der Waals surface area (Å²) in [4.78, 5) is 38.4. The van der Waals surface area contributed by atoms with E-state index >= 15 is 0 Å². The molecule has 1 aromatic rings. The Kier molecular flexibility index (Phi) is 6.76. The number of carbonyl (C=O) groups is 3. The highest BCUT2D eigenvalue weighted by molar-refractivity contribution is 6.36. The van der Waals surface area contributed by atoms with Gasteiger partial charge in [0.15, 0.2) is 5.75 Å². The van der Waals surface area contributed by atoms with Crippen LogP contribution < -0.4 is 24.8 Å². The molecule has 1 spiro atoms. The summed E-state index contributed by atoms with van der Waals surface area (Å²) in [6, 6.07) is 1.49. The maximum Gasteiger partial charge on any atom is 0.239 e. The van der Waals surface area contributed by atoms with E-state index in [0.29, 0.717) is 25.3 Å². The van der Waals surface area contributed by atoms with E-state index in [1.54, 1.807) is 14.0 Å². The minimum absolute atomic E-state index is 0.00553. The number of carbonyl (C=O) groups excluding carboxylic acids is 3. The van der Waals surface area contributed by atoms with Crippen LogP contribution in [0.25, 0.3) is 0 Å². The number of hydrogen-bond donors (Lipinski definition) is 2. The lowest BCUT2D eigenvalue weighted by atomic mass is 9.74. The fraction of sp³-hybridized carbons (Fsp3) is 0.476. The summed E-state index contributed by atoms with van der Waals surface area (Å²) in [5.41, 5.74) is -1.07. The van der Waals surface area contributed by atoms with Crippen LogP contribution >= 0.6 is 11.6 Å². The van der Waals surface area contributed by atoms with Gasteiger partial charge in [0.1, 0.15) is 22.1 Å². The number of ether oxygens (including phenoxy) is 4. The fourth-order valence-electron chi connectivity index (χ4n) is 3.80. The zero-order chi connectivity index (χ0) is 22.8. The van der Waals surface area contributed by atoms with Gasteiger partial charge >= 0.3 is 0 Å². The number of ketones is 2. The highest BCUT2D eigenvalue weighted by atomic mass is 35.5. The normalized spacial score (nSPS) is 22.0. The molecular weight excluding hydrogens is 428 g/mol. The highest BCUT2D eigenvalue weighted by Gasteiger charge is 2.60. The van der Waals surface area contributed by atoms with Crippen molar-refractivity contribution in [3.8, 4) is 17.2 Å². The van der Waals surface area contributed by atoms with Gasteiger partial charge in [-0.15, -0.1) is 0 Å². The smallest absolute Gasteiger partial charge is 0.239 e. The van der Waals surface area contributed by atoms with Crippen molar-refractivity contribution >= 4 is 29.1 Å². The van der Waals surface area contributed by atoms with Crippen molar-refractivity contribution in [1.29, 1.82) is 0 Å². The first kappa shape index (κ1) is 22.9. The van der Waals surface area contributed by atoms with Gasteiger partial charge in [0.05, 0.1) is 27.4 Å². The first-order valence-corrected chi connectivity index (χ1v) is 10.1. The van der Waals surface area contributed by atoms with Crippen LogP contribution in [0, 0.1) is 5.92 Å². The van der Waals surface area contributed by atoms with Crippen LogP contribution in [0.15, 0.2) is 17.8 Å². The Morgan fingerprint density at radius 2 is 1.97 bits per heavy atom. The molecule has 2 N–H and O–H groups in total. The number of fused-ring (bicyclic) bond motifs is 1. The molecule has 168 valence electrons. The number of hydrogen-bond acceptors (Lipinski definition) is 8. The van der Waals surface area contributed by atoms with Crippen molar-refractivity contribution in [2.75, 3.05) is 41.0 Å². The molecule has 3 rings (SSSR count). The largest absolute Gasteiger partial charge is 0.496 e. The van der Waals surface area contributed by atoms with Gasteiger partial charge in [-0.2, -0.15) is 0 Å². The Hall–Kier alpha value is -2.78. The van der Waals surface area contributed by atoms with Gasteiger partial charge in [-0.3, -0.25) is 14.4 Å². The van der Waals surface area contributed by atoms with E-state index in [-0.39, 0.29) is 40.3 Å². The zero-order valence-electron chi connectivity index (χ0n) is 17.8. The zero-order valence-corrected chi connectivity index (χ0v) is 18.6. The number of rotatable bonds is 8. The van der Waals surface area contributed by atoms with E-state index in [1.807, 2.05) is 0 Å². The van der Waals surface area contributed by atoms with Crippen molar-refractivity contribution in [2.45, 2.75) is 18.9 Å². The van der Waals surface area contributed by atoms with Gasteiger partial charge in [-0.05, 0) is 6.42 Å². The Bertz CT molecular complexity index is 946. The molecule has 1 heterocycles. The number of benzene rings is 1. The standard InChI is InChI=1S/C21H25ClN2O7/c1-11-7-12(24-10-16(26)23-5-6-28-2)8-15(25)21(11)20(27)17-13(29-3)9-14(30-4)18(22)19(17)31-21/h8-9,11,24H,5-7,10H2,1-4H3,(H,23,26). The first-order chi connectivity index (χ1) is 14.8. The van der Waals surface area contributed by atoms with Crippen molar-refractivity contribution in [2.24, 2.45) is 5.92 Å². The van der Waals surface area contributed by atoms with Crippen molar-refractivity contribution in [1.82, 2.24) is 10.6 Å².